The van der Waals surface area contributed by atoms with E-state index in [1.165, 1.54) is 7.11 Å². The number of carbonyl (C=O) groups excluding carboxylic acids is 1. The summed E-state index contributed by atoms with van der Waals surface area (Å²) in [6.07, 6.45) is 3.98. The lowest BCUT2D eigenvalue weighted by Gasteiger charge is -2.00. The van der Waals surface area contributed by atoms with Crippen LogP contribution in [0.3, 0.4) is 0 Å². The fourth-order valence-electron chi connectivity index (χ4n) is 1.23. The van der Waals surface area contributed by atoms with Gasteiger partial charge in [-0.15, -0.1) is 0 Å². The number of carbonyl (C=O) groups is 1. The van der Waals surface area contributed by atoms with Crippen LogP contribution in [0.15, 0.2) is 5.16 Å². The fraction of sp³-hybridized carbons (Fsp3) is 0.667. The average molecular weight is 198 g/mol. The maximum absolute atomic E-state index is 10.7. The number of nitrogens with zero attached hydrogens (tertiary/aromatic N) is 1. The van der Waals surface area contributed by atoms with Crippen molar-refractivity contribution >= 4 is 17.6 Å². The lowest BCUT2D eigenvalue weighted by molar-refractivity contribution is -0.139. The molecule has 0 aromatic carbocycles. The Kier molecular flexibility index (Phi) is 4.10. The number of oxime groups is 1. The fourth-order valence-corrected chi connectivity index (χ4v) is 1.23. The first-order valence-electron chi connectivity index (χ1n) is 4.59. The van der Waals surface area contributed by atoms with Crippen LogP contribution in [-0.4, -0.2) is 24.7 Å². The molecule has 1 rings (SSSR count). The standard InChI is InChI=1S/C9H14N2O3/c1-13-9(12)6-8(10)14-11-7-4-2-3-5-7/h10H,2-6H2,1H3. The van der Waals surface area contributed by atoms with Crippen molar-refractivity contribution in [3.63, 3.8) is 0 Å². The van der Waals surface area contributed by atoms with Gasteiger partial charge in [-0.3, -0.25) is 10.2 Å². The van der Waals surface area contributed by atoms with Gasteiger partial charge in [-0.2, -0.15) is 0 Å². The summed E-state index contributed by atoms with van der Waals surface area (Å²) in [5.74, 6) is -0.655. The smallest absolute Gasteiger partial charge is 0.315 e. The third kappa shape index (κ3) is 3.55. The Balaban J connectivity index is 2.26. The number of rotatable bonds is 3. The van der Waals surface area contributed by atoms with E-state index in [0.717, 1.165) is 31.4 Å². The van der Waals surface area contributed by atoms with Crippen LogP contribution in [0.2, 0.25) is 0 Å². The molecule has 0 aromatic rings. The van der Waals surface area contributed by atoms with Crippen molar-refractivity contribution in [3.8, 4) is 0 Å². The van der Waals surface area contributed by atoms with Crippen LogP contribution in [0.1, 0.15) is 32.1 Å². The van der Waals surface area contributed by atoms with Crippen molar-refractivity contribution in [2.75, 3.05) is 7.11 Å². The van der Waals surface area contributed by atoms with Gasteiger partial charge < -0.3 is 9.57 Å². The van der Waals surface area contributed by atoms with Gasteiger partial charge >= 0.3 is 5.97 Å². The number of esters is 1. The van der Waals surface area contributed by atoms with Gasteiger partial charge in [0, 0.05) is 0 Å². The summed E-state index contributed by atoms with van der Waals surface area (Å²) >= 11 is 0. The quantitative estimate of drug-likeness (QED) is 0.323. The molecule has 0 bridgehead atoms. The second-order valence-corrected chi connectivity index (χ2v) is 3.13. The molecule has 0 aromatic heterocycles. The number of methoxy groups -OCH3 is 1. The van der Waals surface area contributed by atoms with Gasteiger partial charge in [-0.1, -0.05) is 5.16 Å². The van der Waals surface area contributed by atoms with Gasteiger partial charge in [0.15, 0.2) is 0 Å². The van der Waals surface area contributed by atoms with E-state index < -0.39 is 5.97 Å². The van der Waals surface area contributed by atoms with Crippen LogP contribution < -0.4 is 0 Å². The summed E-state index contributed by atoms with van der Waals surface area (Å²) < 4.78 is 4.38. The molecule has 0 aliphatic heterocycles. The first-order valence-corrected chi connectivity index (χ1v) is 4.59. The molecular formula is C9H14N2O3. The van der Waals surface area contributed by atoms with Gasteiger partial charge in [-0.05, 0) is 25.7 Å². The SMILES string of the molecule is COC(=O)CC(=N)ON=C1CCCC1. The number of hydrogen-bond donors (Lipinski definition) is 1. The zero-order chi connectivity index (χ0) is 10.4. The zero-order valence-corrected chi connectivity index (χ0v) is 8.21. The summed E-state index contributed by atoms with van der Waals surface area (Å²) in [4.78, 5) is 15.5. The Labute approximate surface area is 82.6 Å². The van der Waals surface area contributed by atoms with E-state index >= 15 is 0 Å². The highest BCUT2D eigenvalue weighted by atomic mass is 16.6. The lowest BCUT2D eigenvalue weighted by atomic mass is 10.3. The van der Waals surface area contributed by atoms with E-state index in [1.807, 2.05) is 0 Å². The Morgan fingerprint density at radius 3 is 2.71 bits per heavy atom. The van der Waals surface area contributed by atoms with E-state index in [0.29, 0.717) is 0 Å². The predicted molar refractivity (Wildman–Crippen MR) is 51.3 cm³/mol. The van der Waals surface area contributed by atoms with Crippen LogP contribution >= 0.6 is 0 Å². The number of ether oxygens (including phenoxy) is 1. The van der Waals surface area contributed by atoms with E-state index in [-0.39, 0.29) is 12.3 Å². The van der Waals surface area contributed by atoms with Gasteiger partial charge in [0.05, 0.1) is 12.8 Å². The van der Waals surface area contributed by atoms with Gasteiger partial charge in [0.2, 0.25) is 5.90 Å². The second-order valence-electron chi connectivity index (χ2n) is 3.13. The van der Waals surface area contributed by atoms with Crippen LogP contribution in [-0.2, 0) is 14.4 Å². The minimum atomic E-state index is -0.485. The first-order chi connectivity index (χ1) is 6.72. The largest absolute Gasteiger partial charge is 0.469 e. The number of nitrogens with one attached hydrogen (secondary N) is 1. The molecule has 5 heteroatoms. The van der Waals surface area contributed by atoms with Crippen molar-refractivity contribution in [2.24, 2.45) is 5.16 Å². The Hall–Kier alpha value is -1.39. The van der Waals surface area contributed by atoms with Crippen molar-refractivity contribution < 1.29 is 14.4 Å². The highest BCUT2D eigenvalue weighted by Gasteiger charge is 2.11. The molecule has 1 fully saturated rings. The van der Waals surface area contributed by atoms with Crippen LogP contribution in [0.25, 0.3) is 0 Å². The summed E-state index contributed by atoms with van der Waals surface area (Å²) in [7, 11) is 1.28. The van der Waals surface area contributed by atoms with E-state index in [4.69, 9.17) is 10.2 Å². The van der Waals surface area contributed by atoms with Crippen LogP contribution in [0, 0.1) is 5.41 Å². The summed E-state index contributed by atoms with van der Waals surface area (Å²) in [6, 6.07) is 0. The third-order valence-corrected chi connectivity index (χ3v) is 2.00. The summed E-state index contributed by atoms with van der Waals surface area (Å²) in [5, 5.41) is 11.1. The van der Waals surface area contributed by atoms with Crippen molar-refractivity contribution in [1.29, 1.82) is 5.41 Å². The van der Waals surface area contributed by atoms with Crippen LogP contribution in [0.5, 0.6) is 0 Å². The highest BCUT2D eigenvalue weighted by Crippen LogP contribution is 2.14. The molecule has 0 unspecified atom stereocenters. The first kappa shape index (κ1) is 10.7. The van der Waals surface area contributed by atoms with Gasteiger partial charge in [0.1, 0.15) is 6.42 Å². The number of hydrogen-bond acceptors (Lipinski definition) is 5. The molecular weight excluding hydrogens is 184 g/mol. The molecule has 1 aliphatic carbocycles. The van der Waals surface area contributed by atoms with Crippen LogP contribution in [0.4, 0.5) is 0 Å². The monoisotopic (exact) mass is 198 g/mol. The minimum absolute atomic E-state index is 0.159. The molecule has 0 atom stereocenters. The minimum Gasteiger partial charge on any atom is -0.469 e. The van der Waals surface area contributed by atoms with Crippen molar-refractivity contribution in [1.82, 2.24) is 0 Å². The molecule has 0 spiro atoms. The maximum atomic E-state index is 10.7. The molecule has 0 amide bonds. The highest BCUT2D eigenvalue weighted by molar-refractivity contribution is 5.93. The predicted octanol–water partition coefficient (Wildman–Crippen LogP) is 1.47. The summed E-state index contributed by atoms with van der Waals surface area (Å²) in [5.41, 5.74) is 0.972. The van der Waals surface area contributed by atoms with Gasteiger partial charge in [-0.25, -0.2) is 0 Å². The normalized spacial score (nSPS) is 15.1. The summed E-state index contributed by atoms with van der Waals surface area (Å²) in [6.45, 7) is 0. The zero-order valence-electron chi connectivity index (χ0n) is 8.21. The maximum Gasteiger partial charge on any atom is 0.315 e. The van der Waals surface area contributed by atoms with Gasteiger partial charge in [0.25, 0.3) is 0 Å². The average Bonchev–Trinajstić information content (AvgIpc) is 2.67. The Morgan fingerprint density at radius 2 is 2.14 bits per heavy atom. The molecule has 14 heavy (non-hydrogen) atoms. The van der Waals surface area contributed by atoms with E-state index in [2.05, 4.69) is 9.89 Å². The molecule has 1 saturated carbocycles. The molecule has 0 saturated heterocycles. The molecule has 1 aliphatic rings. The Morgan fingerprint density at radius 1 is 1.50 bits per heavy atom. The molecule has 78 valence electrons. The van der Waals surface area contributed by atoms with E-state index in [1.54, 1.807) is 0 Å². The molecule has 5 nitrogen and oxygen atoms in total. The molecule has 0 heterocycles. The second kappa shape index (κ2) is 5.36. The Bertz CT molecular complexity index is 253. The topological polar surface area (TPSA) is 71.7 Å². The van der Waals surface area contributed by atoms with Crippen molar-refractivity contribution in [2.45, 2.75) is 32.1 Å². The third-order valence-electron chi connectivity index (χ3n) is 2.00. The molecule has 1 N–H and O–H groups in total. The van der Waals surface area contributed by atoms with Crippen molar-refractivity contribution in [3.05, 3.63) is 0 Å². The molecule has 0 radical (unpaired) electrons. The lowest BCUT2D eigenvalue weighted by Crippen LogP contribution is -2.10. The van der Waals surface area contributed by atoms with E-state index in [9.17, 15) is 4.79 Å².